The van der Waals surface area contributed by atoms with Gasteiger partial charge in [0.1, 0.15) is 18.2 Å². The van der Waals surface area contributed by atoms with Crippen LogP contribution < -0.4 is 4.74 Å². The van der Waals surface area contributed by atoms with Crippen LogP contribution in [0.2, 0.25) is 0 Å². The molecule has 23 heavy (non-hydrogen) atoms. The molecule has 0 aromatic heterocycles. The van der Waals surface area contributed by atoms with Crippen LogP contribution in [0.4, 0.5) is 4.39 Å². The minimum Gasteiger partial charge on any atom is -0.491 e. The largest absolute Gasteiger partial charge is 0.491 e. The van der Waals surface area contributed by atoms with E-state index < -0.39 is 15.3 Å². The molecule has 1 aliphatic heterocycles. The average Bonchev–Trinajstić information content (AvgIpc) is 3.05. The number of rotatable bonds is 5. The van der Waals surface area contributed by atoms with Gasteiger partial charge in [-0.05, 0) is 49.2 Å². The number of sulfone groups is 1. The Morgan fingerprint density at radius 1 is 1.04 bits per heavy atom. The predicted octanol–water partition coefficient (Wildman–Crippen LogP) is 3.18. The number of halogens is 1. The summed E-state index contributed by atoms with van der Waals surface area (Å²) in [4.78, 5) is 0.269. The van der Waals surface area contributed by atoms with Crippen molar-refractivity contribution in [3.63, 3.8) is 0 Å². The van der Waals surface area contributed by atoms with Crippen molar-refractivity contribution in [2.45, 2.75) is 29.3 Å². The van der Waals surface area contributed by atoms with Crippen LogP contribution in [0.1, 0.15) is 12.8 Å². The van der Waals surface area contributed by atoms with Gasteiger partial charge in [0.05, 0.1) is 11.0 Å². The zero-order valence-electron chi connectivity index (χ0n) is 12.4. The first-order valence-electron chi connectivity index (χ1n) is 7.38. The lowest BCUT2D eigenvalue weighted by Crippen LogP contribution is -2.24. The Hall–Kier alpha value is -1.92. The maximum atomic E-state index is 12.8. The summed E-state index contributed by atoms with van der Waals surface area (Å²) >= 11 is 0. The van der Waals surface area contributed by atoms with Gasteiger partial charge in [-0.1, -0.05) is 18.2 Å². The third-order valence-corrected chi connectivity index (χ3v) is 5.70. The molecule has 6 heteroatoms. The number of hydrogen-bond donors (Lipinski definition) is 0. The zero-order chi connectivity index (χ0) is 16.3. The summed E-state index contributed by atoms with van der Waals surface area (Å²) in [5.41, 5.74) is -0.841. The molecule has 3 rings (SSSR count). The van der Waals surface area contributed by atoms with Gasteiger partial charge in [-0.25, -0.2) is 12.8 Å². The van der Waals surface area contributed by atoms with Crippen molar-refractivity contribution < 1.29 is 22.3 Å². The van der Waals surface area contributed by atoms with Gasteiger partial charge in [-0.15, -0.1) is 0 Å². The molecule has 1 heterocycles. The van der Waals surface area contributed by atoms with Gasteiger partial charge in [0, 0.05) is 0 Å². The second kappa shape index (κ2) is 6.68. The van der Waals surface area contributed by atoms with Crippen molar-refractivity contribution in [1.82, 2.24) is 0 Å². The fraction of sp³-hybridized carbons (Fsp3) is 0.294. The Balaban J connectivity index is 1.59. The van der Waals surface area contributed by atoms with E-state index in [2.05, 4.69) is 0 Å². The zero-order valence-corrected chi connectivity index (χ0v) is 13.2. The molecule has 1 fully saturated rings. The monoisotopic (exact) mass is 336 g/mol. The second-order valence-electron chi connectivity index (χ2n) is 5.39. The van der Waals surface area contributed by atoms with Crippen LogP contribution in [-0.4, -0.2) is 26.6 Å². The SMILES string of the molecule is O=S(=O)(c1ccccc1)[C@H]1CC[C@@H](COc2ccc(F)cc2)O1. The Labute approximate surface area is 134 Å². The maximum Gasteiger partial charge on any atom is 0.205 e. The first-order valence-corrected chi connectivity index (χ1v) is 8.93. The fourth-order valence-electron chi connectivity index (χ4n) is 2.51. The van der Waals surface area contributed by atoms with Crippen molar-refractivity contribution in [2.24, 2.45) is 0 Å². The number of ether oxygens (including phenoxy) is 2. The van der Waals surface area contributed by atoms with E-state index >= 15 is 0 Å². The van der Waals surface area contributed by atoms with Crippen LogP contribution in [0.3, 0.4) is 0 Å². The van der Waals surface area contributed by atoms with Crippen LogP contribution in [0, 0.1) is 5.82 Å². The lowest BCUT2D eigenvalue weighted by molar-refractivity contribution is 0.0504. The van der Waals surface area contributed by atoms with Crippen molar-refractivity contribution in [2.75, 3.05) is 6.61 Å². The van der Waals surface area contributed by atoms with Crippen molar-refractivity contribution in [3.8, 4) is 5.75 Å². The third kappa shape index (κ3) is 3.71. The first-order chi connectivity index (χ1) is 11.1. The van der Waals surface area contributed by atoms with E-state index in [1.54, 1.807) is 30.3 Å². The van der Waals surface area contributed by atoms with Crippen LogP contribution >= 0.6 is 0 Å². The molecule has 0 bridgehead atoms. The van der Waals surface area contributed by atoms with Gasteiger partial charge >= 0.3 is 0 Å². The highest BCUT2D eigenvalue weighted by Crippen LogP contribution is 2.29. The van der Waals surface area contributed by atoms with E-state index in [1.165, 1.54) is 24.3 Å². The van der Waals surface area contributed by atoms with Gasteiger partial charge < -0.3 is 9.47 Å². The van der Waals surface area contributed by atoms with Gasteiger partial charge in [-0.2, -0.15) is 0 Å². The van der Waals surface area contributed by atoms with Gasteiger partial charge in [0.2, 0.25) is 9.84 Å². The summed E-state index contributed by atoms with van der Waals surface area (Å²) in [5.74, 6) is 0.202. The van der Waals surface area contributed by atoms with Crippen LogP contribution in [0.5, 0.6) is 5.75 Å². The lowest BCUT2D eigenvalue weighted by Gasteiger charge is -2.15. The Kier molecular flexibility index (Phi) is 4.63. The number of benzene rings is 2. The molecule has 122 valence electrons. The molecule has 0 spiro atoms. The minimum atomic E-state index is -3.49. The highest BCUT2D eigenvalue weighted by atomic mass is 32.2. The van der Waals surface area contributed by atoms with E-state index in [0.717, 1.165) is 0 Å². The molecule has 4 nitrogen and oxygen atoms in total. The third-order valence-electron chi connectivity index (χ3n) is 3.74. The summed E-state index contributed by atoms with van der Waals surface area (Å²) in [6.07, 6.45) is 0.760. The van der Waals surface area contributed by atoms with Crippen molar-refractivity contribution >= 4 is 9.84 Å². The Morgan fingerprint density at radius 3 is 2.43 bits per heavy atom. The summed E-state index contributed by atoms with van der Waals surface area (Å²) in [6, 6.07) is 14.0. The minimum absolute atomic E-state index is 0.243. The van der Waals surface area contributed by atoms with E-state index in [-0.39, 0.29) is 23.4 Å². The molecule has 0 N–H and O–H groups in total. The van der Waals surface area contributed by atoms with Crippen LogP contribution in [0.15, 0.2) is 59.5 Å². The summed E-state index contributed by atoms with van der Waals surface area (Å²) in [5, 5.41) is 0. The molecular weight excluding hydrogens is 319 g/mol. The van der Waals surface area contributed by atoms with Crippen LogP contribution in [0.25, 0.3) is 0 Å². The highest BCUT2D eigenvalue weighted by Gasteiger charge is 2.36. The molecule has 2 atom stereocenters. The summed E-state index contributed by atoms with van der Waals surface area (Å²) in [7, 11) is -3.49. The van der Waals surface area contributed by atoms with E-state index in [0.29, 0.717) is 18.6 Å². The summed E-state index contributed by atoms with van der Waals surface area (Å²) < 4.78 is 49.0. The number of hydrogen-bond acceptors (Lipinski definition) is 4. The van der Waals surface area contributed by atoms with Gasteiger partial charge in [0.15, 0.2) is 5.44 Å². The molecular formula is C17H17FO4S. The highest BCUT2D eigenvalue weighted by molar-refractivity contribution is 7.92. The predicted molar refractivity (Wildman–Crippen MR) is 83.4 cm³/mol. The Bertz CT molecular complexity index is 744. The molecule has 1 aliphatic rings. The van der Waals surface area contributed by atoms with E-state index in [9.17, 15) is 12.8 Å². The molecule has 0 amide bonds. The topological polar surface area (TPSA) is 52.6 Å². The fourth-order valence-corrected chi connectivity index (χ4v) is 4.10. The molecule has 0 saturated carbocycles. The first kappa shape index (κ1) is 16.0. The molecule has 2 aromatic carbocycles. The van der Waals surface area contributed by atoms with Gasteiger partial charge in [0.25, 0.3) is 0 Å². The summed E-state index contributed by atoms with van der Waals surface area (Å²) in [6.45, 7) is 0.243. The molecule has 0 radical (unpaired) electrons. The molecule has 0 aliphatic carbocycles. The van der Waals surface area contributed by atoms with Gasteiger partial charge in [-0.3, -0.25) is 0 Å². The standard InChI is InChI=1S/C17H17FO4S/c18-13-6-8-14(9-7-13)21-12-15-10-11-17(22-15)23(19,20)16-4-2-1-3-5-16/h1-9,15,17H,10-12H2/t15-,17-/m0/s1. The van der Waals surface area contributed by atoms with Crippen molar-refractivity contribution in [3.05, 3.63) is 60.4 Å². The second-order valence-corrected chi connectivity index (χ2v) is 7.48. The van der Waals surface area contributed by atoms with E-state index in [1.807, 2.05) is 0 Å². The molecule has 1 saturated heterocycles. The quantitative estimate of drug-likeness (QED) is 0.841. The smallest absolute Gasteiger partial charge is 0.205 e. The normalized spacial score (nSPS) is 21.3. The lowest BCUT2D eigenvalue weighted by atomic mass is 10.2. The molecule has 0 unspecified atom stereocenters. The molecule has 2 aromatic rings. The average molecular weight is 336 g/mol. The van der Waals surface area contributed by atoms with Crippen LogP contribution in [-0.2, 0) is 14.6 Å². The maximum absolute atomic E-state index is 12.8. The van der Waals surface area contributed by atoms with Crippen molar-refractivity contribution in [1.29, 1.82) is 0 Å². The Morgan fingerprint density at radius 2 is 1.74 bits per heavy atom. The van der Waals surface area contributed by atoms with E-state index in [4.69, 9.17) is 9.47 Å².